The van der Waals surface area contributed by atoms with Gasteiger partial charge in [-0.05, 0) is 30.5 Å². The molecule has 3 rings (SSSR count). The van der Waals surface area contributed by atoms with E-state index >= 15 is 0 Å². The van der Waals surface area contributed by atoms with E-state index in [1.165, 1.54) is 18.2 Å². The minimum absolute atomic E-state index is 0.206. The van der Waals surface area contributed by atoms with E-state index in [0.29, 0.717) is 51.3 Å². The molecule has 8 heteroatoms. The molecule has 0 fully saturated rings. The number of benzene rings is 1. The summed E-state index contributed by atoms with van der Waals surface area (Å²) in [5, 5.41) is 7.05. The van der Waals surface area contributed by atoms with Gasteiger partial charge in [-0.2, -0.15) is 5.10 Å². The number of nitrogens with one attached hydrogen (secondary N) is 1. The Bertz CT molecular complexity index is 821. The number of aromatic nitrogens is 2. The van der Waals surface area contributed by atoms with Crippen LogP contribution >= 0.6 is 0 Å². The van der Waals surface area contributed by atoms with Crippen molar-refractivity contribution in [2.45, 2.75) is 25.9 Å². The van der Waals surface area contributed by atoms with Crippen LogP contribution in [0.4, 0.5) is 4.39 Å². The second-order valence-electron chi connectivity index (χ2n) is 6.45. The van der Waals surface area contributed by atoms with Crippen molar-refractivity contribution in [2.75, 3.05) is 26.8 Å². The van der Waals surface area contributed by atoms with Gasteiger partial charge in [0, 0.05) is 46.0 Å². The third-order valence-corrected chi connectivity index (χ3v) is 4.39. The molecular weight excluding hydrogens is 351 g/mol. The van der Waals surface area contributed by atoms with Gasteiger partial charge < -0.3 is 15.0 Å². The zero-order valence-electron chi connectivity index (χ0n) is 15.3. The molecule has 1 aliphatic rings. The summed E-state index contributed by atoms with van der Waals surface area (Å²) in [6.45, 7) is 2.47. The van der Waals surface area contributed by atoms with Crippen LogP contribution in [0, 0.1) is 5.82 Å². The van der Waals surface area contributed by atoms with Gasteiger partial charge in [-0.3, -0.25) is 14.3 Å². The highest BCUT2D eigenvalue weighted by Gasteiger charge is 2.26. The van der Waals surface area contributed by atoms with Crippen LogP contribution in [-0.2, 0) is 17.8 Å². The van der Waals surface area contributed by atoms with Crippen LogP contribution in [-0.4, -0.2) is 53.3 Å². The zero-order chi connectivity index (χ0) is 19.2. The van der Waals surface area contributed by atoms with Gasteiger partial charge in [0.15, 0.2) is 5.69 Å². The first kappa shape index (κ1) is 19.0. The normalized spacial score (nSPS) is 14.0. The summed E-state index contributed by atoms with van der Waals surface area (Å²) >= 11 is 0. The third-order valence-electron chi connectivity index (χ3n) is 4.39. The van der Waals surface area contributed by atoms with Crippen molar-refractivity contribution in [1.29, 1.82) is 0 Å². The van der Waals surface area contributed by atoms with Gasteiger partial charge in [0.05, 0.1) is 0 Å². The number of carbonyl (C=O) groups excluding carboxylic acids is 2. The fraction of sp³-hybridized carbons (Fsp3) is 0.421. The number of halogens is 1. The number of fused-ring (bicyclic) bond motifs is 1. The Labute approximate surface area is 157 Å². The van der Waals surface area contributed by atoms with Crippen molar-refractivity contribution < 1.29 is 18.7 Å². The zero-order valence-corrected chi connectivity index (χ0v) is 15.3. The lowest BCUT2D eigenvalue weighted by Gasteiger charge is -2.20. The molecule has 0 saturated heterocycles. The molecule has 0 spiro atoms. The molecular formula is C19H23FN4O3. The Hall–Kier alpha value is -2.74. The molecule has 1 aromatic carbocycles. The first-order valence-corrected chi connectivity index (χ1v) is 8.97. The number of ether oxygens (including phenoxy) is 1. The summed E-state index contributed by atoms with van der Waals surface area (Å²) in [4.78, 5) is 26.8. The van der Waals surface area contributed by atoms with E-state index in [-0.39, 0.29) is 23.3 Å². The Morgan fingerprint density at radius 3 is 2.96 bits per heavy atom. The smallest absolute Gasteiger partial charge is 0.272 e. The van der Waals surface area contributed by atoms with Gasteiger partial charge in [0.2, 0.25) is 0 Å². The Morgan fingerprint density at radius 1 is 1.33 bits per heavy atom. The lowest BCUT2D eigenvalue weighted by molar-refractivity contribution is 0.0745. The van der Waals surface area contributed by atoms with Crippen molar-refractivity contribution >= 4 is 11.8 Å². The molecule has 0 unspecified atom stereocenters. The van der Waals surface area contributed by atoms with E-state index in [1.807, 2.05) is 0 Å². The maximum absolute atomic E-state index is 13.4. The summed E-state index contributed by atoms with van der Waals surface area (Å²) in [7, 11) is 1.61. The summed E-state index contributed by atoms with van der Waals surface area (Å²) in [6, 6.07) is 7.74. The summed E-state index contributed by atoms with van der Waals surface area (Å²) in [6.07, 6.45) is 1.42. The SMILES string of the molecule is COCCCNC(=O)c1cc2n(n1)CCCN(Cc1cccc(F)c1)C2=O. The predicted octanol–water partition coefficient (Wildman–Crippen LogP) is 1.83. The number of methoxy groups -OCH3 is 1. The largest absolute Gasteiger partial charge is 0.385 e. The number of aryl methyl sites for hydroxylation is 1. The topological polar surface area (TPSA) is 76.5 Å². The van der Waals surface area contributed by atoms with E-state index in [2.05, 4.69) is 10.4 Å². The van der Waals surface area contributed by atoms with Gasteiger partial charge in [-0.15, -0.1) is 0 Å². The van der Waals surface area contributed by atoms with Crippen molar-refractivity contribution in [1.82, 2.24) is 20.0 Å². The molecule has 2 heterocycles. The molecule has 0 atom stereocenters. The van der Waals surface area contributed by atoms with Crippen molar-refractivity contribution in [3.63, 3.8) is 0 Å². The second kappa shape index (κ2) is 8.77. The van der Waals surface area contributed by atoms with Crippen LogP contribution in [0.5, 0.6) is 0 Å². The predicted molar refractivity (Wildman–Crippen MR) is 96.8 cm³/mol. The van der Waals surface area contributed by atoms with Crippen molar-refractivity contribution in [3.05, 3.63) is 53.1 Å². The van der Waals surface area contributed by atoms with E-state index in [1.54, 1.807) is 28.8 Å². The van der Waals surface area contributed by atoms with Gasteiger partial charge in [0.25, 0.3) is 11.8 Å². The number of rotatable bonds is 7. The fourth-order valence-corrected chi connectivity index (χ4v) is 3.06. The standard InChI is InChI=1S/C19H23FN4O3/c1-27-10-3-7-21-18(25)16-12-17-19(26)23(8-4-9-24(17)22-16)13-14-5-2-6-15(20)11-14/h2,5-6,11-12H,3-4,7-10,13H2,1H3,(H,21,25). The second-order valence-corrected chi connectivity index (χ2v) is 6.45. The molecule has 2 amide bonds. The van der Waals surface area contributed by atoms with Crippen molar-refractivity contribution in [2.24, 2.45) is 0 Å². The quantitative estimate of drug-likeness (QED) is 0.751. The molecule has 0 bridgehead atoms. The molecule has 144 valence electrons. The highest BCUT2D eigenvalue weighted by molar-refractivity contribution is 5.98. The molecule has 1 aliphatic heterocycles. The third kappa shape index (κ3) is 4.71. The van der Waals surface area contributed by atoms with Crippen LogP contribution < -0.4 is 5.32 Å². The van der Waals surface area contributed by atoms with E-state index < -0.39 is 0 Å². The maximum Gasteiger partial charge on any atom is 0.272 e. The van der Waals surface area contributed by atoms with E-state index in [9.17, 15) is 14.0 Å². The lowest BCUT2D eigenvalue weighted by Crippen LogP contribution is -2.30. The highest BCUT2D eigenvalue weighted by atomic mass is 19.1. The molecule has 0 aliphatic carbocycles. The number of nitrogens with zero attached hydrogens (tertiary/aromatic N) is 3. The van der Waals surface area contributed by atoms with Crippen LogP contribution in [0.2, 0.25) is 0 Å². The first-order valence-electron chi connectivity index (χ1n) is 8.97. The number of hydrogen-bond donors (Lipinski definition) is 1. The molecule has 1 N–H and O–H groups in total. The van der Waals surface area contributed by atoms with Gasteiger partial charge >= 0.3 is 0 Å². The highest BCUT2D eigenvalue weighted by Crippen LogP contribution is 2.17. The van der Waals surface area contributed by atoms with Gasteiger partial charge in [-0.25, -0.2) is 4.39 Å². The summed E-state index contributed by atoms with van der Waals surface area (Å²) < 4.78 is 19.9. The van der Waals surface area contributed by atoms with Crippen LogP contribution in [0.25, 0.3) is 0 Å². The lowest BCUT2D eigenvalue weighted by atomic mass is 10.2. The Morgan fingerprint density at radius 2 is 2.19 bits per heavy atom. The molecule has 2 aromatic rings. The Balaban J connectivity index is 1.70. The molecule has 7 nitrogen and oxygen atoms in total. The monoisotopic (exact) mass is 374 g/mol. The fourth-order valence-electron chi connectivity index (χ4n) is 3.06. The average molecular weight is 374 g/mol. The molecule has 1 aromatic heterocycles. The first-order chi connectivity index (χ1) is 13.1. The van der Waals surface area contributed by atoms with Crippen molar-refractivity contribution in [3.8, 4) is 0 Å². The minimum atomic E-state index is -0.327. The number of amides is 2. The minimum Gasteiger partial charge on any atom is -0.385 e. The average Bonchev–Trinajstić information content (AvgIpc) is 3.02. The van der Waals surface area contributed by atoms with Crippen LogP contribution in [0.1, 0.15) is 39.4 Å². The summed E-state index contributed by atoms with van der Waals surface area (Å²) in [5.41, 5.74) is 1.33. The van der Waals surface area contributed by atoms with E-state index in [4.69, 9.17) is 4.74 Å². The number of carbonyl (C=O) groups is 2. The van der Waals surface area contributed by atoms with Gasteiger partial charge in [0.1, 0.15) is 11.5 Å². The summed E-state index contributed by atoms with van der Waals surface area (Å²) in [5.74, 6) is -0.842. The van der Waals surface area contributed by atoms with Crippen LogP contribution in [0.15, 0.2) is 30.3 Å². The van der Waals surface area contributed by atoms with Crippen LogP contribution in [0.3, 0.4) is 0 Å². The number of hydrogen-bond acceptors (Lipinski definition) is 4. The maximum atomic E-state index is 13.4. The molecule has 27 heavy (non-hydrogen) atoms. The van der Waals surface area contributed by atoms with Gasteiger partial charge in [-0.1, -0.05) is 12.1 Å². The molecule has 0 saturated carbocycles. The molecule has 0 radical (unpaired) electrons. The Kier molecular flexibility index (Phi) is 6.18. The van der Waals surface area contributed by atoms with E-state index in [0.717, 1.165) is 5.56 Å².